The van der Waals surface area contributed by atoms with E-state index in [2.05, 4.69) is 6.58 Å². The first-order chi connectivity index (χ1) is 8.60. The second-order valence-electron chi connectivity index (χ2n) is 4.42. The van der Waals surface area contributed by atoms with Gasteiger partial charge in [0, 0.05) is 0 Å². The Balaban J connectivity index is 3.10. The third kappa shape index (κ3) is 2.63. The maximum Gasteiger partial charge on any atom is 0.310 e. The summed E-state index contributed by atoms with van der Waals surface area (Å²) in [6, 6.07) is 0. The summed E-state index contributed by atoms with van der Waals surface area (Å²) in [6.45, 7) is 5.63. The molecule has 4 heteroatoms. The van der Waals surface area contributed by atoms with Crippen LogP contribution in [0.4, 0.5) is 0 Å². The van der Waals surface area contributed by atoms with Crippen molar-refractivity contribution in [1.82, 2.24) is 0 Å². The second-order valence-corrected chi connectivity index (χ2v) is 4.42. The molecule has 1 fully saturated rings. The van der Waals surface area contributed by atoms with E-state index in [1.54, 1.807) is 6.08 Å². The van der Waals surface area contributed by atoms with Crippen molar-refractivity contribution in [1.29, 1.82) is 0 Å². The van der Waals surface area contributed by atoms with E-state index in [4.69, 9.17) is 9.47 Å². The lowest BCUT2D eigenvalue weighted by atomic mass is 9.86. The molecule has 0 spiro atoms. The number of methoxy groups -OCH3 is 2. The minimum atomic E-state index is -0.499. The summed E-state index contributed by atoms with van der Waals surface area (Å²) in [7, 11) is 2.67. The third-order valence-corrected chi connectivity index (χ3v) is 3.54. The summed E-state index contributed by atoms with van der Waals surface area (Å²) in [5.74, 6) is -1.78. The molecule has 0 aliphatic heterocycles. The fourth-order valence-corrected chi connectivity index (χ4v) is 2.74. The van der Waals surface area contributed by atoms with Crippen LogP contribution in [-0.4, -0.2) is 26.2 Å². The number of carbonyl (C=O) groups is 2. The van der Waals surface area contributed by atoms with Crippen LogP contribution in [0.1, 0.15) is 13.3 Å². The second kappa shape index (κ2) is 6.38. The number of hydrogen-bond acceptors (Lipinski definition) is 4. The Morgan fingerprint density at radius 1 is 1.11 bits per heavy atom. The van der Waals surface area contributed by atoms with Gasteiger partial charge in [0.15, 0.2) is 0 Å². The van der Waals surface area contributed by atoms with Crippen LogP contribution in [0.5, 0.6) is 0 Å². The Hall–Kier alpha value is -1.58. The number of allylic oxidation sites excluding steroid dienone is 3. The van der Waals surface area contributed by atoms with Gasteiger partial charge in [-0.25, -0.2) is 0 Å². The minimum absolute atomic E-state index is 0.00505. The van der Waals surface area contributed by atoms with Gasteiger partial charge in [-0.3, -0.25) is 9.59 Å². The predicted molar refractivity (Wildman–Crippen MR) is 67.6 cm³/mol. The zero-order valence-corrected chi connectivity index (χ0v) is 11.1. The normalized spacial score (nSPS) is 31.3. The van der Waals surface area contributed by atoms with Crippen LogP contribution in [0.15, 0.2) is 24.8 Å². The van der Waals surface area contributed by atoms with Gasteiger partial charge in [0.2, 0.25) is 0 Å². The molecule has 0 bridgehead atoms. The SMILES string of the molecule is C=CC1CC(/C=C\C)C(C(=O)OC)C1C(=O)OC. The van der Waals surface area contributed by atoms with E-state index in [9.17, 15) is 9.59 Å². The van der Waals surface area contributed by atoms with Gasteiger partial charge in [0.1, 0.15) is 0 Å². The van der Waals surface area contributed by atoms with E-state index < -0.39 is 11.8 Å². The van der Waals surface area contributed by atoms with Gasteiger partial charge in [0.05, 0.1) is 26.1 Å². The summed E-state index contributed by atoms with van der Waals surface area (Å²) < 4.78 is 9.61. The van der Waals surface area contributed by atoms with Crippen LogP contribution < -0.4 is 0 Å². The molecule has 0 saturated heterocycles. The van der Waals surface area contributed by atoms with Crippen LogP contribution in [0.3, 0.4) is 0 Å². The summed E-state index contributed by atoms with van der Waals surface area (Å²) in [5.41, 5.74) is 0. The lowest BCUT2D eigenvalue weighted by Gasteiger charge is -2.20. The highest BCUT2D eigenvalue weighted by Gasteiger charge is 2.49. The summed E-state index contributed by atoms with van der Waals surface area (Å²) in [6.07, 6.45) is 6.27. The zero-order valence-electron chi connectivity index (χ0n) is 11.1. The highest BCUT2D eigenvalue weighted by molar-refractivity contribution is 5.83. The van der Waals surface area contributed by atoms with Gasteiger partial charge < -0.3 is 9.47 Å². The highest BCUT2D eigenvalue weighted by Crippen LogP contribution is 2.44. The molecule has 0 aromatic rings. The van der Waals surface area contributed by atoms with Crippen LogP contribution in [-0.2, 0) is 19.1 Å². The Labute approximate surface area is 108 Å². The molecular formula is C14H20O4. The first kappa shape index (κ1) is 14.5. The topological polar surface area (TPSA) is 52.6 Å². The van der Waals surface area contributed by atoms with Crippen molar-refractivity contribution in [2.75, 3.05) is 14.2 Å². The lowest BCUT2D eigenvalue weighted by Crippen LogP contribution is -2.32. The Morgan fingerprint density at radius 2 is 1.61 bits per heavy atom. The maximum atomic E-state index is 11.9. The molecule has 0 radical (unpaired) electrons. The first-order valence-electron chi connectivity index (χ1n) is 6.01. The summed E-state index contributed by atoms with van der Waals surface area (Å²) in [4.78, 5) is 23.8. The lowest BCUT2D eigenvalue weighted by molar-refractivity contribution is -0.157. The molecule has 0 N–H and O–H groups in total. The molecule has 1 saturated carbocycles. The third-order valence-electron chi connectivity index (χ3n) is 3.54. The molecule has 0 amide bonds. The molecule has 4 nitrogen and oxygen atoms in total. The Morgan fingerprint density at radius 3 is 2.00 bits per heavy atom. The average molecular weight is 252 g/mol. The molecule has 100 valence electrons. The van der Waals surface area contributed by atoms with Crippen molar-refractivity contribution in [2.24, 2.45) is 23.7 Å². The van der Waals surface area contributed by atoms with E-state index in [1.807, 2.05) is 19.1 Å². The number of hydrogen-bond donors (Lipinski definition) is 0. The molecule has 0 aromatic heterocycles. The molecule has 4 atom stereocenters. The van der Waals surface area contributed by atoms with E-state index >= 15 is 0 Å². The van der Waals surface area contributed by atoms with Gasteiger partial charge in [0.25, 0.3) is 0 Å². The van der Waals surface area contributed by atoms with E-state index in [1.165, 1.54) is 14.2 Å². The molecule has 0 aromatic carbocycles. The summed E-state index contributed by atoms with van der Waals surface area (Å²) in [5, 5.41) is 0. The first-order valence-corrected chi connectivity index (χ1v) is 6.01. The monoisotopic (exact) mass is 252 g/mol. The van der Waals surface area contributed by atoms with Gasteiger partial charge in [-0.2, -0.15) is 0 Å². The minimum Gasteiger partial charge on any atom is -0.469 e. The summed E-state index contributed by atoms with van der Waals surface area (Å²) >= 11 is 0. The van der Waals surface area contributed by atoms with Crippen LogP contribution in [0, 0.1) is 23.7 Å². The van der Waals surface area contributed by atoms with Crippen LogP contribution in [0.25, 0.3) is 0 Å². The molecule has 0 heterocycles. The highest BCUT2D eigenvalue weighted by atomic mass is 16.5. The van der Waals surface area contributed by atoms with Crippen molar-refractivity contribution >= 4 is 11.9 Å². The van der Waals surface area contributed by atoms with E-state index in [0.29, 0.717) is 6.42 Å². The molecule has 1 aliphatic rings. The average Bonchev–Trinajstić information content (AvgIpc) is 2.75. The number of rotatable bonds is 4. The quantitative estimate of drug-likeness (QED) is 0.567. The molecule has 1 rings (SSSR count). The van der Waals surface area contributed by atoms with Gasteiger partial charge in [-0.1, -0.05) is 18.2 Å². The van der Waals surface area contributed by atoms with Crippen molar-refractivity contribution in [3.63, 3.8) is 0 Å². The Bertz CT molecular complexity index is 359. The predicted octanol–water partition coefficient (Wildman–Crippen LogP) is 1.96. The fourth-order valence-electron chi connectivity index (χ4n) is 2.74. The van der Waals surface area contributed by atoms with Gasteiger partial charge >= 0.3 is 11.9 Å². The van der Waals surface area contributed by atoms with Crippen molar-refractivity contribution < 1.29 is 19.1 Å². The largest absolute Gasteiger partial charge is 0.469 e. The van der Waals surface area contributed by atoms with Crippen LogP contribution >= 0.6 is 0 Å². The fraction of sp³-hybridized carbons (Fsp3) is 0.571. The van der Waals surface area contributed by atoms with Gasteiger partial charge in [-0.15, -0.1) is 6.58 Å². The van der Waals surface area contributed by atoms with Gasteiger partial charge in [-0.05, 0) is 25.2 Å². The van der Waals surface area contributed by atoms with E-state index in [0.717, 1.165) is 0 Å². The standard InChI is InChI=1S/C14H20O4/c1-5-7-10-8-9(6-2)11(13(15)17-3)12(10)14(16)18-4/h5-7,9-12H,2,8H2,1,3-4H3/b7-5-. The molecule has 4 unspecified atom stereocenters. The van der Waals surface area contributed by atoms with Crippen molar-refractivity contribution in [3.05, 3.63) is 24.8 Å². The molecular weight excluding hydrogens is 232 g/mol. The number of ether oxygens (including phenoxy) is 2. The maximum absolute atomic E-state index is 11.9. The Kier molecular flexibility index (Phi) is 5.13. The van der Waals surface area contributed by atoms with Crippen LogP contribution in [0.2, 0.25) is 0 Å². The number of carbonyl (C=O) groups excluding carboxylic acids is 2. The number of esters is 2. The smallest absolute Gasteiger partial charge is 0.310 e. The zero-order chi connectivity index (χ0) is 13.7. The van der Waals surface area contributed by atoms with E-state index in [-0.39, 0.29) is 23.8 Å². The molecule has 18 heavy (non-hydrogen) atoms. The molecule has 1 aliphatic carbocycles. The van der Waals surface area contributed by atoms with Crippen molar-refractivity contribution in [3.8, 4) is 0 Å². The van der Waals surface area contributed by atoms with Crippen molar-refractivity contribution in [2.45, 2.75) is 13.3 Å².